The van der Waals surface area contributed by atoms with Gasteiger partial charge in [-0.2, -0.15) is 0 Å². The average molecular weight is 340 g/mol. The van der Waals surface area contributed by atoms with Gasteiger partial charge in [-0.15, -0.1) is 12.4 Å². The van der Waals surface area contributed by atoms with E-state index in [0.29, 0.717) is 13.1 Å². The summed E-state index contributed by atoms with van der Waals surface area (Å²) in [7, 11) is 0. The lowest BCUT2D eigenvalue weighted by Gasteiger charge is -2.20. The fourth-order valence-electron chi connectivity index (χ4n) is 2.76. The minimum atomic E-state index is -0.273. The first-order valence-corrected chi connectivity index (χ1v) is 7.94. The Morgan fingerprint density at radius 1 is 1.43 bits per heavy atom. The SMILES string of the molecule is CCc1ccccc1N1CC(C(=O)NCCC(C)N)CC1=O.Cl. The fourth-order valence-corrected chi connectivity index (χ4v) is 2.76. The molecule has 1 saturated heterocycles. The minimum Gasteiger partial charge on any atom is -0.356 e. The van der Waals surface area contributed by atoms with Gasteiger partial charge >= 0.3 is 0 Å². The summed E-state index contributed by atoms with van der Waals surface area (Å²) in [6.07, 6.45) is 1.89. The average Bonchev–Trinajstić information content (AvgIpc) is 2.88. The first-order chi connectivity index (χ1) is 10.5. The topological polar surface area (TPSA) is 75.4 Å². The molecule has 6 heteroatoms. The van der Waals surface area contributed by atoms with E-state index in [2.05, 4.69) is 12.2 Å². The van der Waals surface area contributed by atoms with Crippen LogP contribution >= 0.6 is 12.4 Å². The third kappa shape index (κ3) is 4.94. The third-order valence-electron chi connectivity index (χ3n) is 4.06. The molecular formula is C17H26ClN3O2. The van der Waals surface area contributed by atoms with Crippen molar-refractivity contribution in [3.63, 3.8) is 0 Å². The Kier molecular flexibility index (Phi) is 7.52. The van der Waals surface area contributed by atoms with Crippen LogP contribution in [0, 0.1) is 5.92 Å². The Morgan fingerprint density at radius 3 is 2.78 bits per heavy atom. The lowest BCUT2D eigenvalue weighted by molar-refractivity contribution is -0.126. The second-order valence-corrected chi connectivity index (χ2v) is 5.94. The summed E-state index contributed by atoms with van der Waals surface area (Å²) >= 11 is 0. The monoisotopic (exact) mass is 339 g/mol. The highest BCUT2D eigenvalue weighted by atomic mass is 35.5. The van der Waals surface area contributed by atoms with E-state index in [1.165, 1.54) is 0 Å². The largest absolute Gasteiger partial charge is 0.356 e. The zero-order valence-corrected chi connectivity index (χ0v) is 14.6. The smallest absolute Gasteiger partial charge is 0.227 e. The molecule has 23 heavy (non-hydrogen) atoms. The number of nitrogens with two attached hydrogens (primary N) is 1. The number of para-hydroxylation sites is 1. The molecule has 128 valence electrons. The molecule has 5 nitrogen and oxygen atoms in total. The number of aryl methyl sites for hydroxylation is 1. The maximum atomic E-state index is 12.3. The first kappa shape index (κ1) is 19.5. The summed E-state index contributed by atoms with van der Waals surface area (Å²) in [5.41, 5.74) is 7.74. The molecule has 0 saturated carbocycles. The number of carbonyl (C=O) groups is 2. The Morgan fingerprint density at radius 2 is 2.13 bits per heavy atom. The molecule has 2 unspecified atom stereocenters. The third-order valence-corrected chi connectivity index (χ3v) is 4.06. The summed E-state index contributed by atoms with van der Waals surface area (Å²) in [6.45, 7) is 5.00. The molecule has 0 spiro atoms. The number of rotatable bonds is 6. The molecule has 2 amide bonds. The molecule has 1 aliphatic rings. The van der Waals surface area contributed by atoms with Crippen LogP contribution in [0.5, 0.6) is 0 Å². The van der Waals surface area contributed by atoms with Gasteiger partial charge in [0, 0.05) is 31.2 Å². The van der Waals surface area contributed by atoms with Gasteiger partial charge in [-0.25, -0.2) is 0 Å². The highest BCUT2D eigenvalue weighted by Crippen LogP contribution is 2.28. The van der Waals surface area contributed by atoms with Crippen molar-refractivity contribution in [2.45, 2.75) is 39.2 Å². The minimum absolute atomic E-state index is 0. The molecule has 3 N–H and O–H groups in total. The van der Waals surface area contributed by atoms with Gasteiger partial charge in [0.1, 0.15) is 0 Å². The number of nitrogens with one attached hydrogen (secondary N) is 1. The number of anilines is 1. The van der Waals surface area contributed by atoms with Crippen LogP contribution in [0.2, 0.25) is 0 Å². The highest BCUT2D eigenvalue weighted by molar-refractivity contribution is 6.00. The lowest BCUT2D eigenvalue weighted by Crippen LogP contribution is -2.35. The van der Waals surface area contributed by atoms with E-state index in [0.717, 1.165) is 24.1 Å². The number of nitrogens with zero attached hydrogens (tertiary/aromatic N) is 1. The van der Waals surface area contributed by atoms with Crippen LogP contribution in [0.3, 0.4) is 0 Å². The van der Waals surface area contributed by atoms with Gasteiger partial charge in [0.2, 0.25) is 11.8 Å². The van der Waals surface area contributed by atoms with Crippen LogP contribution in [0.4, 0.5) is 5.69 Å². The highest BCUT2D eigenvalue weighted by Gasteiger charge is 2.35. The van der Waals surface area contributed by atoms with Crippen molar-refractivity contribution in [2.24, 2.45) is 11.7 Å². The number of carbonyl (C=O) groups excluding carboxylic acids is 2. The summed E-state index contributed by atoms with van der Waals surface area (Å²) in [4.78, 5) is 26.2. The van der Waals surface area contributed by atoms with Crippen LogP contribution in [0.15, 0.2) is 24.3 Å². The molecule has 0 radical (unpaired) electrons. The standard InChI is InChI=1S/C17H25N3O2.ClH/c1-3-13-6-4-5-7-15(13)20-11-14(10-16(20)21)17(22)19-9-8-12(2)18;/h4-7,12,14H,3,8-11,18H2,1-2H3,(H,19,22);1H. The molecule has 1 aliphatic heterocycles. The molecule has 2 rings (SSSR count). The quantitative estimate of drug-likeness (QED) is 0.830. The molecule has 2 atom stereocenters. The number of hydrogen-bond acceptors (Lipinski definition) is 3. The normalized spacial score (nSPS) is 18.5. The van der Waals surface area contributed by atoms with Gasteiger partial charge in [-0.05, 0) is 31.4 Å². The van der Waals surface area contributed by atoms with E-state index in [1.807, 2.05) is 31.2 Å². The Hall–Kier alpha value is -1.59. The zero-order chi connectivity index (χ0) is 16.1. The van der Waals surface area contributed by atoms with Crippen LogP contribution in [0.25, 0.3) is 0 Å². The summed E-state index contributed by atoms with van der Waals surface area (Å²) in [6, 6.07) is 7.95. The molecule has 0 bridgehead atoms. The zero-order valence-electron chi connectivity index (χ0n) is 13.7. The van der Waals surface area contributed by atoms with E-state index >= 15 is 0 Å². The number of hydrogen-bond donors (Lipinski definition) is 2. The predicted molar refractivity (Wildman–Crippen MR) is 94.8 cm³/mol. The van der Waals surface area contributed by atoms with Gasteiger partial charge in [0.25, 0.3) is 0 Å². The molecule has 1 aromatic carbocycles. The first-order valence-electron chi connectivity index (χ1n) is 7.94. The van der Waals surface area contributed by atoms with Crippen molar-refractivity contribution < 1.29 is 9.59 Å². The molecule has 1 fully saturated rings. The van der Waals surface area contributed by atoms with Crippen molar-refractivity contribution in [3.8, 4) is 0 Å². The summed E-state index contributed by atoms with van der Waals surface area (Å²) < 4.78 is 0. The maximum Gasteiger partial charge on any atom is 0.227 e. The van der Waals surface area contributed by atoms with Gasteiger partial charge in [0.15, 0.2) is 0 Å². The fraction of sp³-hybridized carbons (Fsp3) is 0.529. The second kappa shape index (κ2) is 8.89. The number of amides is 2. The Balaban J connectivity index is 0.00000264. The van der Waals surface area contributed by atoms with E-state index in [1.54, 1.807) is 4.90 Å². The summed E-state index contributed by atoms with van der Waals surface area (Å²) in [5, 5.41) is 2.88. The maximum absolute atomic E-state index is 12.3. The molecule has 1 aromatic rings. The molecule has 0 aliphatic carbocycles. The molecule has 1 heterocycles. The van der Waals surface area contributed by atoms with Gasteiger partial charge in [0.05, 0.1) is 5.92 Å². The van der Waals surface area contributed by atoms with Crippen molar-refractivity contribution >= 4 is 29.9 Å². The Bertz CT molecular complexity index is 548. The van der Waals surface area contributed by atoms with E-state index in [9.17, 15) is 9.59 Å². The van der Waals surface area contributed by atoms with E-state index in [-0.39, 0.29) is 42.6 Å². The molecule has 0 aromatic heterocycles. The second-order valence-electron chi connectivity index (χ2n) is 5.94. The number of halogens is 1. The van der Waals surface area contributed by atoms with Crippen LogP contribution < -0.4 is 16.0 Å². The predicted octanol–water partition coefficient (Wildman–Crippen LogP) is 1.88. The van der Waals surface area contributed by atoms with Gasteiger partial charge in [-0.1, -0.05) is 25.1 Å². The van der Waals surface area contributed by atoms with Crippen molar-refractivity contribution in [1.29, 1.82) is 0 Å². The van der Waals surface area contributed by atoms with E-state index in [4.69, 9.17) is 5.73 Å². The lowest BCUT2D eigenvalue weighted by atomic mass is 10.1. The van der Waals surface area contributed by atoms with E-state index < -0.39 is 0 Å². The summed E-state index contributed by atoms with van der Waals surface area (Å²) in [5.74, 6) is -0.302. The van der Waals surface area contributed by atoms with Crippen LogP contribution in [-0.2, 0) is 16.0 Å². The number of benzene rings is 1. The van der Waals surface area contributed by atoms with Crippen LogP contribution in [0.1, 0.15) is 32.3 Å². The molecular weight excluding hydrogens is 314 g/mol. The van der Waals surface area contributed by atoms with Crippen molar-refractivity contribution in [2.75, 3.05) is 18.0 Å². The van der Waals surface area contributed by atoms with Crippen LogP contribution in [-0.4, -0.2) is 30.9 Å². The van der Waals surface area contributed by atoms with Crippen molar-refractivity contribution in [3.05, 3.63) is 29.8 Å². The van der Waals surface area contributed by atoms with Gasteiger partial charge in [-0.3, -0.25) is 9.59 Å². The van der Waals surface area contributed by atoms with Gasteiger partial charge < -0.3 is 16.0 Å². The Labute approximate surface area is 144 Å². The van der Waals surface area contributed by atoms with Crippen molar-refractivity contribution in [1.82, 2.24) is 5.32 Å².